The molecule has 0 spiro atoms. The van der Waals surface area contributed by atoms with Crippen molar-refractivity contribution in [3.05, 3.63) is 28.6 Å². The number of aromatic nitrogens is 2. The summed E-state index contributed by atoms with van der Waals surface area (Å²) in [7, 11) is 1.43. The Hall–Kier alpha value is -1.91. The summed E-state index contributed by atoms with van der Waals surface area (Å²) in [6.07, 6.45) is 5.56. The van der Waals surface area contributed by atoms with Crippen LogP contribution < -0.4 is 10.3 Å². The van der Waals surface area contributed by atoms with Gasteiger partial charge in [0, 0.05) is 24.4 Å². The molecule has 0 radical (unpaired) electrons. The zero-order valence-electron chi connectivity index (χ0n) is 7.65. The van der Waals surface area contributed by atoms with Gasteiger partial charge in [-0.25, -0.2) is 4.98 Å². The molecule has 1 aromatic heterocycles. The van der Waals surface area contributed by atoms with E-state index in [9.17, 15) is 4.79 Å². The molecule has 0 unspecified atom stereocenters. The topological polar surface area (TPSA) is 67.3 Å². The molecule has 1 aliphatic heterocycles. The lowest BCUT2D eigenvalue weighted by atomic mass is 10.2. The average molecular weight is 191 g/mol. The second-order valence-corrected chi connectivity index (χ2v) is 2.82. The number of hydrogen-bond acceptors (Lipinski definition) is 4. The number of ether oxygens (including phenoxy) is 1. The fraction of sp³-hybridized carbons (Fsp3) is 0.222. The minimum absolute atomic E-state index is 0.216. The van der Waals surface area contributed by atoms with Gasteiger partial charge in [-0.3, -0.25) is 9.79 Å². The Morgan fingerprint density at radius 1 is 1.57 bits per heavy atom. The molecule has 0 amide bonds. The smallest absolute Gasteiger partial charge is 0.293 e. The van der Waals surface area contributed by atoms with Crippen molar-refractivity contribution in [2.24, 2.45) is 4.99 Å². The highest BCUT2D eigenvalue weighted by molar-refractivity contribution is 5.82. The minimum atomic E-state index is -0.273. The lowest BCUT2D eigenvalue weighted by molar-refractivity contribution is 0.405. The fourth-order valence-corrected chi connectivity index (χ4v) is 1.20. The number of allylic oxidation sites excluding steroid dienone is 1. The first kappa shape index (κ1) is 8.68. The summed E-state index contributed by atoms with van der Waals surface area (Å²) < 4.78 is 4.81. The number of nitrogens with one attached hydrogen (secondary N) is 1. The van der Waals surface area contributed by atoms with Crippen molar-refractivity contribution in [3.8, 4) is 5.75 Å². The van der Waals surface area contributed by atoms with Crippen LogP contribution in [0.4, 0.5) is 0 Å². The van der Waals surface area contributed by atoms with E-state index < -0.39 is 0 Å². The number of H-pyrrole nitrogens is 1. The third-order valence-electron chi connectivity index (χ3n) is 1.94. The summed E-state index contributed by atoms with van der Waals surface area (Å²) in [4.78, 5) is 22.0. The van der Waals surface area contributed by atoms with E-state index >= 15 is 0 Å². The van der Waals surface area contributed by atoms with Gasteiger partial charge in [0.05, 0.1) is 13.3 Å². The summed E-state index contributed by atoms with van der Waals surface area (Å²) in [6.45, 7) is 0. The maximum atomic E-state index is 11.3. The van der Waals surface area contributed by atoms with Gasteiger partial charge in [-0.1, -0.05) is 0 Å². The number of methoxy groups -OCH3 is 1. The van der Waals surface area contributed by atoms with Crippen LogP contribution in [0.5, 0.6) is 5.75 Å². The molecule has 0 fully saturated rings. The van der Waals surface area contributed by atoms with Gasteiger partial charge < -0.3 is 9.72 Å². The first-order valence-corrected chi connectivity index (χ1v) is 4.15. The summed E-state index contributed by atoms with van der Waals surface area (Å²) in [6, 6.07) is 0. The minimum Gasteiger partial charge on any atom is -0.490 e. The van der Waals surface area contributed by atoms with E-state index in [4.69, 9.17) is 4.74 Å². The van der Waals surface area contributed by atoms with Gasteiger partial charge in [-0.2, -0.15) is 0 Å². The van der Waals surface area contributed by atoms with Crippen molar-refractivity contribution in [2.45, 2.75) is 6.42 Å². The number of aromatic amines is 1. The van der Waals surface area contributed by atoms with Gasteiger partial charge in [0.2, 0.25) is 5.75 Å². The summed E-state index contributed by atoms with van der Waals surface area (Å²) in [5.41, 5.74) is 0.634. The predicted molar refractivity (Wildman–Crippen MR) is 52.5 cm³/mol. The molecule has 72 valence electrons. The van der Waals surface area contributed by atoms with Crippen molar-refractivity contribution in [3.63, 3.8) is 0 Å². The number of nitrogens with zero attached hydrogens (tertiary/aromatic N) is 2. The maximum absolute atomic E-state index is 11.3. The van der Waals surface area contributed by atoms with Crippen LogP contribution in [0.2, 0.25) is 0 Å². The Kier molecular flexibility index (Phi) is 2.14. The van der Waals surface area contributed by atoms with Crippen molar-refractivity contribution in [1.82, 2.24) is 9.97 Å². The van der Waals surface area contributed by atoms with E-state index in [1.165, 1.54) is 13.3 Å². The van der Waals surface area contributed by atoms with Crippen LogP contribution in [0.1, 0.15) is 12.2 Å². The zero-order chi connectivity index (χ0) is 9.97. The van der Waals surface area contributed by atoms with E-state index in [2.05, 4.69) is 15.0 Å². The van der Waals surface area contributed by atoms with Crippen LogP contribution in [0.25, 0.3) is 5.57 Å². The van der Waals surface area contributed by atoms with E-state index in [1.807, 2.05) is 0 Å². The summed E-state index contributed by atoms with van der Waals surface area (Å²) in [5, 5.41) is 0. The molecule has 0 bridgehead atoms. The molecule has 14 heavy (non-hydrogen) atoms. The highest BCUT2D eigenvalue weighted by Crippen LogP contribution is 2.16. The Balaban J connectivity index is 2.38. The van der Waals surface area contributed by atoms with E-state index in [0.717, 1.165) is 5.57 Å². The summed E-state index contributed by atoms with van der Waals surface area (Å²) in [5.74, 6) is 0.765. The van der Waals surface area contributed by atoms with Gasteiger partial charge in [0.25, 0.3) is 5.56 Å². The first-order chi connectivity index (χ1) is 6.81. The molecule has 1 aliphatic rings. The molecule has 0 atom stereocenters. The normalized spacial score (nSPS) is 14.2. The number of hydrogen-bond donors (Lipinski definition) is 1. The Morgan fingerprint density at radius 3 is 3.00 bits per heavy atom. The molecule has 5 nitrogen and oxygen atoms in total. The SMILES string of the molecule is COc1cnc(C2=CN=CC2)[nH]c1=O. The lowest BCUT2D eigenvalue weighted by Crippen LogP contribution is -2.12. The highest BCUT2D eigenvalue weighted by atomic mass is 16.5. The molecule has 1 aromatic rings. The maximum Gasteiger partial charge on any atom is 0.293 e. The zero-order valence-corrected chi connectivity index (χ0v) is 7.65. The molecule has 2 heterocycles. The molecule has 1 N–H and O–H groups in total. The Morgan fingerprint density at radius 2 is 2.43 bits per heavy atom. The molecule has 0 aliphatic carbocycles. The second kappa shape index (κ2) is 3.45. The van der Waals surface area contributed by atoms with Crippen LogP contribution in [0, 0.1) is 0 Å². The fourth-order valence-electron chi connectivity index (χ4n) is 1.20. The van der Waals surface area contributed by atoms with Crippen molar-refractivity contribution >= 4 is 11.8 Å². The van der Waals surface area contributed by atoms with Gasteiger partial charge in [-0.15, -0.1) is 0 Å². The van der Waals surface area contributed by atoms with Gasteiger partial charge in [-0.05, 0) is 0 Å². The second-order valence-electron chi connectivity index (χ2n) is 2.82. The van der Waals surface area contributed by atoms with Crippen molar-refractivity contribution in [2.75, 3.05) is 7.11 Å². The molecule has 2 rings (SSSR count). The van der Waals surface area contributed by atoms with E-state index in [-0.39, 0.29) is 11.3 Å². The number of aliphatic imine (C=N–C) groups is 1. The van der Waals surface area contributed by atoms with Crippen LogP contribution in [0.15, 0.2) is 22.2 Å². The van der Waals surface area contributed by atoms with Crippen molar-refractivity contribution in [1.29, 1.82) is 0 Å². The van der Waals surface area contributed by atoms with Gasteiger partial charge >= 0.3 is 0 Å². The molecule has 0 saturated carbocycles. The molecule has 0 aromatic carbocycles. The molecular weight excluding hydrogens is 182 g/mol. The van der Waals surface area contributed by atoms with E-state index in [1.54, 1.807) is 12.4 Å². The third-order valence-corrected chi connectivity index (χ3v) is 1.94. The quantitative estimate of drug-likeness (QED) is 0.744. The molecular formula is C9H9N3O2. The summed E-state index contributed by atoms with van der Waals surface area (Å²) >= 11 is 0. The van der Waals surface area contributed by atoms with Crippen LogP contribution in [0.3, 0.4) is 0 Å². The van der Waals surface area contributed by atoms with Crippen molar-refractivity contribution < 1.29 is 4.74 Å². The van der Waals surface area contributed by atoms with Crippen LogP contribution in [-0.2, 0) is 0 Å². The largest absolute Gasteiger partial charge is 0.490 e. The molecule has 5 heteroatoms. The standard InChI is InChI=1S/C9H9N3O2/c1-14-7-5-11-8(12-9(7)13)6-2-3-10-4-6/h3-5H,2H2,1H3,(H,11,12,13). The van der Waals surface area contributed by atoms with Gasteiger partial charge in [0.1, 0.15) is 5.82 Å². The average Bonchev–Trinajstić information content (AvgIpc) is 2.70. The monoisotopic (exact) mass is 191 g/mol. The van der Waals surface area contributed by atoms with E-state index in [0.29, 0.717) is 12.2 Å². The lowest BCUT2D eigenvalue weighted by Gasteiger charge is -2.01. The third kappa shape index (κ3) is 1.44. The predicted octanol–water partition coefficient (Wildman–Crippen LogP) is 0.594. The first-order valence-electron chi connectivity index (χ1n) is 4.15. The Labute approximate surface area is 80.2 Å². The molecule has 0 saturated heterocycles. The van der Waals surface area contributed by atoms with Crippen LogP contribution >= 0.6 is 0 Å². The number of rotatable bonds is 2. The Bertz CT molecular complexity index is 459. The highest BCUT2D eigenvalue weighted by Gasteiger charge is 2.08. The van der Waals surface area contributed by atoms with Crippen LogP contribution in [-0.4, -0.2) is 23.3 Å². The van der Waals surface area contributed by atoms with Gasteiger partial charge in [0.15, 0.2) is 0 Å².